The van der Waals surface area contributed by atoms with Crippen LogP contribution in [0, 0.1) is 0 Å². The molecule has 0 aromatic heterocycles. The first-order valence-electron chi connectivity index (χ1n) is 7.24. The van der Waals surface area contributed by atoms with E-state index in [4.69, 9.17) is 0 Å². The number of carbonyl (C=O) groups is 1. The number of aliphatic hydroxyl groups excluding tert-OH is 1. The van der Waals surface area contributed by atoms with E-state index in [9.17, 15) is 14.1 Å². The number of aliphatic hydroxyl groups is 1. The molecule has 0 saturated carbocycles. The van der Waals surface area contributed by atoms with Crippen LogP contribution in [0.2, 0.25) is 0 Å². The van der Waals surface area contributed by atoms with Crippen molar-refractivity contribution in [2.24, 2.45) is 0 Å². The molecular weight excluding hydrogens is 312 g/mol. The van der Waals surface area contributed by atoms with Gasteiger partial charge < -0.3 is 15.7 Å². The van der Waals surface area contributed by atoms with Crippen LogP contribution >= 0.6 is 0 Å². The average molecular weight is 332 g/mol. The number of hydrogen-bond donors (Lipinski definition) is 3. The Balaban J connectivity index is 1.90. The lowest BCUT2D eigenvalue weighted by atomic mass is 10.1. The molecule has 0 aliphatic heterocycles. The molecule has 2 aromatic carbocycles. The van der Waals surface area contributed by atoms with Crippen LogP contribution in [0.3, 0.4) is 0 Å². The van der Waals surface area contributed by atoms with E-state index in [0.717, 1.165) is 5.56 Å². The largest absolute Gasteiger partial charge is 0.394 e. The SMILES string of the molecule is C[S@@](=O)c1ccc(NC(=O)N[C@H](CO)Cc2ccccc2)cc1. The van der Waals surface area contributed by atoms with Crippen molar-refractivity contribution in [3.8, 4) is 0 Å². The Bertz CT molecular complexity index is 659. The molecule has 0 spiro atoms. The molecular formula is C17H20N2O3S. The molecule has 0 aliphatic rings. The van der Waals surface area contributed by atoms with Crippen LogP contribution in [-0.2, 0) is 17.2 Å². The number of amides is 2. The Kier molecular flexibility index (Phi) is 6.31. The van der Waals surface area contributed by atoms with Gasteiger partial charge in [-0.3, -0.25) is 4.21 Å². The van der Waals surface area contributed by atoms with E-state index in [-0.39, 0.29) is 18.7 Å². The van der Waals surface area contributed by atoms with Crippen molar-refractivity contribution >= 4 is 22.5 Å². The van der Waals surface area contributed by atoms with Crippen LogP contribution in [0.1, 0.15) is 5.56 Å². The van der Waals surface area contributed by atoms with E-state index in [1.54, 1.807) is 30.5 Å². The summed E-state index contributed by atoms with van der Waals surface area (Å²) in [5, 5.41) is 14.9. The zero-order valence-electron chi connectivity index (χ0n) is 12.9. The Hall–Kier alpha value is -2.18. The fourth-order valence-electron chi connectivity index (χ4n) is 2.14. The highest BCUT2D eigenvalue weighted by molar-refractivity contribution is 7.84. The first-order chi connectivity index (χ1) is 11.1. The Morgan fingerprint density at radius 3 is 2.35 bits per heavy atom. The van der Waals surface area contributed by atoms with Gasteiger partial charge in [-0.15, -0.1) is 0 Å². The first kappa shape index (κ1) is 17.2. The maximum atomic E-state index is 12.0. The predicted octanol–water partition coefficient (Wildman–Crippen LogP) is 2.15. The standard InChI is InChI=1S/C17H20N2O3S/c1-23(22)16-9-7-14(8-10-16)18-17(21)19-15(12-20)11-13-5-3-2-4-6-13/h2-10,15,20H,11-12H2,1H3,(H2,18,19,21)/t15-,23+/m0/s1. The van der Waals surface area contributed by atoms with Gasteiger partial charge in [-0.05, 0) is 36.2 Å². The van der Waals surface area contributed by atoms with E-state index in [1.165, 1.54) is 0 Å². The normalized spacial score (nSPS) is 13.1. The third-order valence-electron chi connectivity index (χ3n) is 3.32. The summed E-state index contributed by atoms with van der Waals surface area (Å²) in [4.78, 5) is 12.7. The molecule has 3 N–H and O–H groups in total. The predicted molar refractivity (Wildman–Crippen MR) is 91.9 cm³/mol. The molecule has 0 saturated heterocycles. The van der Waals surface area contributed by atoms with Gasteiger partial charge in [0.15, 0.2) is 0 Å². The molecule has 5 nitrogen and oxygen atoms in total. The highest BCUT2D eigenvalue weighted by Gasteiger charge is 2.12. The van der Waals surface area contributed by atoms with E-state index in [2.05, 4.69) is 10.6 Å². The second-order valence-electron chi connectivity index (χ2n) is 5.15. The van der Waals surface area contributed by atoms with Gasteiger partial charge >= 0.3 is 6.03 Å². The van der Waals surface area contributed by atoms with E-state index >= 15 is 0 Å². The van der Waals surface area contributed by atoms with Gasteiger partial charge in [-0.25, -0.2) is 4.79 Å². The first-order valence-corrected chi connectivity index (χ1v) is 8.80. The molecule has 0 fully saturated rings. The Morgan fingerprint density at radius 2 is 1.78 bits per heavy atom. The van der Waals surface area contributed by atoms with Gasteiger partial charge in [-0.1, -0.05) is 30.3 Å². The second kappa shape index (κ2) is 8.45. The topological polar surface area (TPSA) is 78.4 Å². The van der Waals surface area contributed by atoms with Crippen LogP contribution in [0.5, 0.6) is 0 Å². The zero-order valence-corrected chi connectivity index (χ0v) is 13.7. The van der Waals surface area contributed by atoms with E-state index in [0.29, 0.717) is 17.0 Å². The lowest BCUT2D eigenvalue weighted by Crippen LogP contribution is -2.41. The van der Waals surface area contributed by atoms with Crippen molar-refractivity contribution < 1.29 is 14.1 Å². The van der Waals surface area contributed by atoms with Crippen molar-refractivity contribution in [1.29, 1.82) is 0 Å². The van der Waals surface area contributed by atoms with Gasteiger partial charge in [0, 0.05) is 27.6 Å². The zero-order chi connectivity index (χ0) is 16.7. The minimum Gasteiger partial charge on any atom is -0.394 e. The van der Waals surface area contributed by atoms with Crippen LogP contribution in [-0.4, -0.2) is 34.3 Å². The second-order valence-corrected chi connectivity index (χ2v) is 6.53. The molecule has 23 heavy (non-hydrogen) atoms. The molecule has 2 amide bonds. The van der Waals surface area contributed by atoms with Gasteiger partial charge in [0.2, 0.25) is 0 Å². The third kappa shape index (κ3) is 5.50. The molecule has 0 radical (unpaired) electrons. The molecule has 6 heteroatoms. The quantitative estimate of drug-likeness (QED) is 0.758. The molecule has 2 atom stereocenters. The lowest BCUT2D eigenvalue weighted by molar-refractivity contribution is 0.224. The Morgan fingerprint density at radius 1 is 1.13 bits per heavy atom. The van der Waals surface area contributed by atoms with Crippen molar-refractivity contribution in [3.05, 3.63) is 60.2 Å². The van der Waals surface area contributed by atoms with Crippen LogP contribution in [0.4, 0.5) is 10.5 Å². The minimum absolute atomic E-state index is 0.143. The van der Waals surface area contributed by atoms with E-state index < -0.39 is 10.8 Å². The minimum atomic E-state index is -1.04. The number of hydrogen-bond acceptors (Lipinski definition) is 3. The van der Waals surface area contributed by atoms with Gasteiger partial charge in [0.1, 0.15) is 0 Å². The molecule has 2 aromatic rings. The maximum absolute atomic E-state index is 12.0. The number of rotatable bonds is 6. The summed E-state index contributed by atoms with van der Waals surface area (Å²) in [6.07, 6.45) is 2.16. The van der Waals surface area contributed by atoms with Crippen molar-refractivity contribution in [3.63, 3.8) is 0 Å². The van der Waals surface area contributed by atoms with E-state index in [1.807, 2.05) is 30.3 Å². The Labute approximate surface area is 138 Å². The summed E-state index contributed by atoms with van der Waals surface area (Å²) in [6.45, 7) is -0.143. The molecule has 0 unspecified atom stereocenters. The number of nitrogens with one attached hydrogen (secondary N) is 2. The highest BCUT2D eigenvalue weighted by Crippen LogP contribution is 2.12. The number of anilines is 1. The highest BCUT2D eigenvalue weighted by atomic mass is 32.2. The summed E-state index contributed by atoms with van der Waals surface area (Å²) in [6, 6.07) is 15.7. The van der Waals surface area contributed by atoms with Gasteiger partial charge in [-0.2, -0.15) is 0 Å². The third-order valence-corrected chi connectivity index (χ3v) is 4.26. The number of benzene rings is 2. The summed E-state index contributed by atoms with van der Waals surface area (Å²) in [7, 11) is -1.04. The molecule has 2 rings (SSSR count). The smallest absolute Gasteiger partial charge is 0.319 e. The van der Waals surface area contributed by atoms with Gasteiger partial charge in [0.05, 0.1) is 12.6 Å². The summed E-state index contributed by atoms with van der Waals surface area (Å²) >= 11 is 0. The number of carbonyl (C=O) groups excluding carboxylic acids is 1. The number of urea groups is 1. The van der Waals surface area contributed by atoms with Crippen LogP contribution < -0.4 is 10.6 Å². The average Bonchev–Trinajstić information content (AvgIpc) is 2.55. The van der Waals surface area contributed by atoms with Crippen molar-refractivity contribution in [2.75, 3.05) is 18.2 Å². The van der Waals surface area contributed by atoms with Gasteiger partial charge in [0.25, 0.3) is 0 Å². The van der Waals surface area contributed by atoms with Crippen LogP contribution in [0.15, 0.2) is 59.5 Å². The van der Waals surface area contributed by atoms with Crippen molar-refractivity contribution in [1.82, 2.24) is 5.32 Å². The summed E-state index contributed by atoms with van der Waals surface area (Å²) in [5.74, 6) is 0. The fourth-order valence-corrected chi connectivity index (χ4v) is 2.66. The molecule has 0 heterocycles. The van der Waals surface area contributed by atoms with Crippen LogP contribution in [0.25, 0.3) is 0 Å². The maximum Gasteiger partial charge on any atom is 0.319 e. The monoisotopic (exact) mass is 332 g/mol. The lowest BCUT2D eigenvalue weighted by Gasteiger charge is -2.17. The summed E-state index contributed by atoms with van der Waals surface area (Å²) in [5.41, 5.74) is 1.65. The van der Waals surface area contributed by atoms with Crippen molar-refractivity contribution in [2.45, 2.75) is 17.4 Å². The molecule has 0 aliphatic carbocycles. The molecule has 0 bridgehead atoms. The summed E-state index contributed by atoms with van der Waals surface area (Å²) < 4.78 is 11.3. The molecule has 122 valence electrons. The fraction of sp³-hybridized carbons (Fsp3) is 0.235.